The summed E-state index contributed by atoms with van der Waals surface area (Å²) < 4.78 is 25.8. The van der Waals surface area contributed by atoms with Gasteiger partial charge in [0, 0.05) is 10.0 Å². The first-order chi connectivity index (χ1) is 15.0. The van der Waals surface area contributed by atoms with Crippen LogP contribution in [0.3, 0.4) is 0 Å². The van der Waals surface area contributed by atoms with Crippen molar-refractivity contribution in [2.75, 3.05) is 7.11 Å². The third-order valence-corrected chi connectivity index (χ3v) is 4.92. The number of hydrogen-bond acceptors (Lipinski definition) is 5. The highest BCUT2D eigenvalue weighted by atomic mass is 79.9. The maximum atomic E-state index is 13.9. The van der Waals surface area contributed by atoms with E-state index in [1.54, 1.807) is 12.1 Å². The first-order valence-corrected chi connectivity index (χ1v) is 9.88. The number of hydrogen-bond donors (Lipinski definition) is 1. The number of nitriles is 1. The number of halogens is 2. The van der Waals surface area contributed by atoms with E-state index in [4.69, 9.17) is 14.7 Å². The number of hydrazone groups is 1. The van der Waals surface area contributed by atoms with Crippen molar-refractivity contribution < 1.29 is 18.7 Å². The molecule has 31 heavy (non-hydrogen) atoms. The molecular weight excluding hydrogens is 465 g/mol. The summed E-state index contributed by atoms with van der Waals surface area (Å²) in [5.74, 6) is -0.497. The molecule has 0 fully saturated rings. The van der Waals surface area contributed by atoms with Gasteiger partial charge in [0.15, 0.2) is 11.5 Å². The van der Waals surface area contributed by atoms with Crippen LogP contribution in [0.1, 0.15) is 27.0 Å². The molecule has 1 amide bonds. The fourth-order valence-corrected chi connectivity index (χ4v) is 3.07. The fraction of sp³-hybridized carbons (Fsp3) is 0.0870. The van der Waals surface area contributed by atoms with Gasteiger partial charge < -0.3 is 9.47 Å². The Hall–Kier alpha value is -3.70. The minimum atomic E-state index is -0.797. The molecule has 156 valence electrons. The third kappa shape index (κ3) is 5.68. The molecule has 0 aliphatic carbocycles. The number of carbonyl (C=O) groups is 1. The second kappa shape index (κ2) is 10.4. The summed E-state index contributed by atoms with van der Waals surface area (Å²) in [4.78, 5) is 12.1. The molecule has 0 radical (unpaired) electrons. The molecule has 3 rings (SSSR count). The van der Waals surface area contributed by atoms with Crippen molar-refractivity contribution in [2.24, 2.45) is 5.10 Å². The largest absolute Gasteiger partial charge is 0.493 e. The van der Waals surface area contributed by atoms with Crippen LogP contribution < -0.4 is 14.9 Å². The molecule has 0 aliphatic heterocycles. The van der Waals surface area contributed by atoms with Gasteiger partial charge in [0.25, 0.3) is 5.91 Å². The highest BCUT2D eigenvalue weighted by molar-refractivity contribution is 9.10. The van der Waals surface area contributed by atoms with Crippen molar-refractivity contribution >= 4 is 28.1 Å². The number of nitrogens with one attached hydrogen (secondary N) is 1. The number of ether oxygens (including phenoxy) is 2. The predicted octanol–water partition coefficient (Wildman–Crippen LogP) is 4.81. The van der Waals surface area contributed by atoms with E-state index < -0.39 is 11.7 Å². The number of benzene rings is 3. The smallest absolute Gasteiger partial charge is 0.274 e. The number of amides is 1. The maximum absolute atomic E-state index is 13.9. The SMILES string of the molecule is COc1cc(/C=N\NC(=O)c2ccc(C#N)cc2F)c(Br)cc1OCc1ccccc1. The van der Waals surface area contributed by atoms with Crippen molar-refractivity contribution in [3.8, 4) is 17.6 Å². The maximum Gasteiger partial charge on any atom is 0.274 e. The van der Waals surface area contributed by atoms with Crippen LogP contribution in [0.5, 0.6) is 11.5 Å². The van der Waals surface area contributed by atoms with E-state index in [1.165, 1.54) is 25.5 Å². The predicted molar refractivity (Wildman–Crippen MR) is 118 cm³/mol. The van der Waals surface area contributed by atoms with E-state index >= 15 is 0 Å². The highest BCUT2D eigenvalue weighted by Crippen LogP contribution is 2.33. The lowest BCUT2D eigenvalue weighted by Crippen LogP contribution is -2.19. The second-order valence-electron chi connectivity index (χ2n) is 6.30. The van der Waals surface area contributed by atoms with Gasteiger partial charge in [0.2, 0.25) is 0 Å². The van der Waals surface area contributed by atoms with E-state index in [1.807, 2.05) is 36.4 Å². The van der Waals surface area contributed by atoms with E-state index in [-0.39, 0.29) is 11.1 Å². The monoisotopic (exact) mass is 481 g/mol. The average molecular weight is 482 g/mol. The summed E-state index contributed by atoms with van der Waals surface area (Å²) in [6.45, 7) is 0.378. The normalized spacial score (nSPS) is 10.5. The Labute approximate surface area is 187 Å². The van der Waals surface area contributed by atoms with Crippen LogP contribution in [0.4, 0.5) is 4.39 Å². The standard InChI is InChI=1S/C23H17BrFN3O3/c1-30-21-10-17(19(24)11-22(21)31-14-15-5-3-2-4-6-15)13-27-28-23(29)18-8-7-16(12-26)9-20(18)25/h2-11,13H,14H2,1H3,(H,28,29)/b27-13-. The Morgan fingerprint density at radius 3 is 2.65 bits per heavy atom. The number of carbonyl (C=O) groups excluding carboxylic acids is 1. The van der Waals surface area contributed by atoms with Crippen molar-refractivity contribution in [1.29, 1.82) is 5.26 Å². The number of nitrogens with zero attached hydrogens (tertiary/aromatic N) is 2. The fourth-order valence-electron chi connectivity index (χ4n) is 2.65. The van der Waals surface area contributed by atoms with E-state index in [2.05, 4.69) is 26.5 Å². The van der Waals surface area contributed by atoms with Crippen LogP contribution >= 0.6 is 15.9 Å². The molecule has 0 atom stereocenters. The zero-order valence-corrected chi connectivity index (χ0v) is 18.0. The Kier molecular flexibility index (Phi) is 7.35. The molecule has 0 unspecified atom stereocenters. The number of methoxy groups -OCH3 is 1. The molecule has 3 aromatic rings. The summed E-state index contributed by atoms with van der Waals surface area (Å²) >= 11 is 3.45. The lowest BCUT2D eigenvalue weighted by Gasteiger charge is -2.12. The summed E-state index contributed by atoms with van der Waals surface area (Å²) in [6.07, 6.45) is 1.40. The van der Waals surface area contributed by atoms with Gasteiger partial charge >= 0.3 is 0 Å². The third-order valence-electron chi connectivity index (χ3n) is 4.23. The first kappa shape index (κ1) is 22.0. The van der Waals surface area contributed by atoms with Crippen molar-refractivity contribution in [2.45, 2.75) is 6.61 Å². The molecule has 0 aliphatic rings. The molecule has 0 saturated carbocycles. The van der Waals surface area contributed by atoms with Gasteiger partial charge in [-0.05, 0) is 51.8 Å². The van der Waals surface area contributed by atoms with Gasteiger partial charge in [0.05, 0.1) is 30.5 Å². The average Bonchev–Trinajstić information content (AvgIpc) is 2.79. The second-order valence-corrected chi connectivity index (χ2v) is 7.16. The Morgan fingerprint density at radius 1 is 1.19 bits per heavy atom. The minimum absolute atomic E-state index is 0.128. The summed E-state index contributed by atoms with van der Waals surface area (Å²) in [5.41, 5.74) is 3.82. The topological polar surface area (TPSA) is 83.7 Å². The van der Waals surface area contributed by atoms with Crippen LogP contribution in [0.25, 0.3) is 0 Å². The molecule has 0 bridgehead atoms. The molecule has 1 N–H and O–H groups in total. The van der Waals surface area contributed by atoms with Gasteiger partial charge in [-0.3, -0.25) is 4.79 Å². The molecule has 0 saturated heterocycles. The van der Waals surface area contributed by atoms with Crippen LogP contribution in [0.15, 0.2) is 70.2 Å². The van der Waals surface area contributed by atoms with Crippen LogP contribution in [0.2, 0.25) is 0 Å². The molecule has 0 spiro atoms. The van der Waals surface area contributed by atoms with Crippen LogP contribution in [0, 0.1) is 17.1 Å². The Morgan fingerprint density at radius 2 is 1.97 bits per heavy atom. The highest BCUT2D eigenvalue weighted by Gasteiger charge is 2.12. The summed E-state index contributed by atoms with van der Waals surface area (Å²) in [5, 5.41) is 12.7. The zero-order valence-electron chi connectivity index (χ0n) is 16.4. The quantitative estimate of drug-likeness (QED) is 0.387. The van der Waals surface area contributed by atoms with Gasteiger partial charge in [0.1, 0.15) is 12.4 Å². The van der Waals surface area contributed by atoms with Crippen LogP contribution in [-0.2, 0) is 6.61 Å². The Balaban J connectivity index is 1.70. The summed E-state index contributed by atoms with van der Waals surface area (Å²) in [7, 11) is 1.52. The van der Waals surface area contributed by atoms with Gasteiger partial charge in [-0.2, -0.15) is 10.4 Å². The van der Waals surface area contributed by atoms with Gasteiger partial charge in [-0.25, -0.2) is 9.82 Å². The van der Waals surface area contributed by atoms with E-state index in [9.17, 15) is 9.18 Å². The zero-order chi connectivity index (χ0) is 22.2. The van der Waals surface area contributed by atoms with Crippen molar-refractivity contribution in [3.63, 3.8) is 0 Å². The minimum Gasteiger partial charge on any atom is -0.493 e. The van der Waals surface area contributed by atoms with E-state index in [0.717, 1.165) is 11.6 Å². The molecule has 0 aromatic heterocycles. The molecule has 3 aromatic carbocycles. The number of rotatable bonds is 7. The lowest BCUT2D eigenvalue weighted by molar-refractivity contribution is 0.0951. The van der Waals surface area contributed by atoms with Crippen molar-refractivity contribution in [3.05, 3.63) is 93.2 Å². The van der Waals surface area contributed by atoms with Gasteiger partial charge in [-0.15, -0.1) is 0 Å². The molecule has 6 nitrogen and oxygen atoms in total. The van der Waals surface area contributed by atoms with Crippen LogP contribution in [-0.4, -0.2) is 19.2 Å². The lowest BCUT2D eigenvalue weighted by atomic mass is 10.1. The summed E-state index contributed by atoms with van der Waals surface area (Å²) in [6, 6.07) is 18.6. The molecule has 8 heteroatoms. The Bertz CT molecular complexity index is 1160. The molecule has 0 heterocycles. The van der Waals surface area contributed by atoms with Gasteiger partial charge in [-0.1, -0.05) is 30.3 Å². The first-order valence-electron chi connectivity index (χ1n) is 9.09. The molecular formula is C23H17BrFN3O3. The van der Waals surface area contributed by atoms with E-state index in [0.29, 0.717) is 28.1 Å². The van der Waals surface area contributed by atoms with Crippen molar-refractivity contribution in [1.82, 2.24) is 5.43 Å².